The third-order valence-electron chi connectivity index (χ3n) is 3.65. The second-order valence-corrected chi connectivity index (χ2v) is 12.0. The summed E-state index contributed by atoms with van der Waals surface area (Å²) >= 11 is 8.26. The van der Waals surface area contributed by atoms with E-state index in [2.05, 4.69) is 25.3 Å². The number of thiol groups is 2. The quantitative estimate of drug-likeness (QED) is 0.256. The Labute approximate surface area is 161 Å². The van der Waals surface area contributed by atoms with Crippen LogP contribution in [0.2, 0.25) is 12.1 Å². The summed E-state index contributed by atoms with van der Waals surface area (Å²) in [5, 5.41) is 0. The highest BCUT2D eigenvalue weighted by molar-refractivity contribution is 7.80. The molecule has 0 N–H and O–H groups in total. The predicted octanol–water partition coefficient (Wildman–Crippen LogP) is 3.15. The molecule has 148 valence electrons. The van der Waals surface area contributed by atoms with Crippen LogP contribution >= 0.6 is 25.3 Å². The fourth-order valence-electron chi connectivity index (χ4n) is 2.02. The van der Waals surface area contributed by atoms with Gasteiger partial charge in [-0.05, 0) is 37.2 Å². The zero-order chi connectivity index (χ0) is 18.9. The van der Waals surface area contributed by atoms with Gasteiger partial charge in [0.2, 0.25) is 0 Å². The molecule has 0 unspecified atom stereocenters. The lowest BCUT2D eigenvalue weighted by Gasteiger charge is -2.23. The van der Waals surface area contributed by atoms with Gasteiger partial charge in [0.05, 0.1) is 0 Å². The fraction of sp³-hybridized carbons (Fsp3) is 1.00. The van der Waals surface area contributed by atoms with Crippen LogP contribution in [0.4, 0.5) is 0 Å². The molecule has 0 saturated carbocycles. The molecule has 0 heterocycles. The third kappa shape index (κ3) is 11.5. The van der Waals surface area contributed by atoms with Crippen LogP contribution in [0.5, 0.6) is 0 Å². The van der Waals surface area contributed by atoms with Crippen molar-refractivity contribution < 1.29 is 26.6 Å². The van der Waals surface area contributed by atoms with Crippen molar-refractivity contribution in [3.8, 4) is 0 Å². The molecule has 0 spiro atoms. The second-order valence-electron chi connectivity index (χ2n) is 4.95. The highest BCUT2D eigenvalue weighted by Crippen LogP contribution is 2.17. The van der Waals surface area contributed by atoms with Gasteiger partial charge in [-0.2, -0.15) is 25.3 Å². The summed E-state index contributed by atoms with van der Waals surface area (Å²) in [4.78, 5) is 0. The normalized spacial score (nSPS) is 12.0. The van der Waals surface area contributed by atoms with Gasteiger partial charge in [-0.25, -0.2) is 0 Å². The van der Waals surface area contributed by atoms with E-state index < -0.39 is 17.6 Å². The van der Waals surface area contributed by atoms with Crippen molar-refractivity contribution in [2.24, 2.45) is 0 Å². The molecule has 0 fully saturated rings. The van der Waals surface area contributed by atoms with Gasteiger partial charge in [0, 0.05) is 54.7 Å². The molecule has 6 nitrogen and oxygen atoms in total. The Morgan fingerprint density at radius 2 is 0.750 bits per heavy atom. The molecule has 0 bridgehead atoms. The molecule has 10 heteroatoms. The van der Waals surface area contributed by atoms with Crippen molar-refractivity contribution in [2.45, 2.75) is 37.8 Å². The maximum atomic E-state index is 5.25. The molecule has 0 aromatic carbocycles. The van der Waals surface area contributed by atoms with Crippen LogP contribution in [-0.4, -0.2) is 71.8 Å². The lowest BCUT2D eigenvalue weighted by atomic mass is 10.4. The zero-order valence-corrected chi connectivity index (χ0v) is 19.8. The van der Waals surface area contributed by atoms with Gasteiger partial charge in [0.15, 0.2) is 0 Å². The largest absolute Gasteiger partial charge is 0.500 e. The van der Waals surface area contributed by atoms with Crippen molar-refractivity contribution in [3.63, 3.8) is 0 Å². The highest BCUT2D eigenvalue weighted by Gasteiger charge is 2.37. The number of hydrogen-bond acceptors (Lipinski definition) is 8. The van der Waals surface area contributed by atoms with E-state index in [1.165, 1.54) is 0 Å². The van der Waals surface area contributed by atoms with E-state index in [0.29, 0.717) is 0 Å². The van der Waals surface area contributed by atoms with Crippen LogP contribution < -0.4 is 0 Å². The van der Waals surface area contributed by atoms with Crippen LogP contribution in [-0.2, 0) is 26.6 Å². The molecule has 0 rings (SSSR count). The summed E-state index contributed by atoms with van der Waals surface area (Å²) in [6.07, 6.45) is 4.25. The van der Waals surface area contributed by atoms with E-state index in [9.17, 15) is 0 Å². The Hall–Kier alpha value is 0.894. The van der Waals surface area contributed by atoms with Crippen molar-refractivity contribution in [1.82, 2.24) is 0 Å². The first-order chi connectivity index (χ1) is 11.5. The number of unbranched alkanes of at least 4 members (excludes halogenated alkanes) is 2. The van der Waals surface area contributed by atoms with Crippen LogP contribution in [0.15, 0.2) is 0 Å². The minimum absolute atomic E-state index is 0.872. The Balaban J connectivity index is 0. The van der Waals surface area contributed by atoms with Gasteiger partial charge < -0.3 is 26.6 Å². The SMILES string of the molecule is CO[Si](CCCCS)(OC)OC.CO[Si](CCCCS)(OC)OC. The van der Waals surface area contributed by atoms with Crippen molar-refractivity contribution in [2.75, 3.05) is 54.2 Å². The Morgan fingerprint density at radius 3 is 0.917 bits per heavy atom. The average molecular weight is 421 g/mol. The van der Waals surface area contributed by atoms with Gasteiger partial charge in [0.1, 0.15) is 0 Å². The topological polar surface area (TPSA) is 55.4 Å². The van der Waals surface area contributed by atoms with Gasteiger partial charge in [-0.3, -0.25) is 0 Å². The molecule has 0 amide bonds. The summed E-state index contributed by atoms with van der Waals surface area (Å²) < 4.78 is 31.5. The second kappa shape index (κ2) is 17.3. The maximum absolute atomic E-state index is 5.25. The van der Waals surface area contributed by atoms with Crippen molar-refractivity contribution >= 4 is 42.9 Å². The minimum Gasteiger partial charge on any atom is -0.377 e. The standard InChI is InChI=1S/2C7H18O3SSi/c2*1-8-12(9-2,10-3)7-5-4-6-11/h2*11H,4-7H2,1-3H3. The summed E-state index contributed by atoms with van der Waals surface area (Å²) in [5.74, 6) is 1.81. The van der Waals surface area contributed by atoms with E-state index >= 15 is 0 Å². The molecular formula is C14H36O6S2Si2. The molecule has 0 aliphatic heterocycles. The van der Waals surface area contributed by atoms with Crippen LogP contribution in [0.1, 0.15) is 25.7 Å². The lowest BCUT2D eigenvalue weighted by molar-refractivity contribution is 0.122. The number of hydrogen-bond donors (Lipinski definition) is 2. The molecule has 0 aromatic rings. The highest BCUT2D eigenvalue weighted by atomic mass is 32.1. The smallest absolute Gasteiger partial charge is 0.377 e. The van der Waals surface area contributed by atoms with Crippen LogP contribution in [0, 0.1) is 0 Å². The minimum atomic E-state index is -2.29. The molecule has 0 aliphatic carbocycles. The monoisotopic (exact) mass is 420 g/mol. The van der Waals surface area contributed by atoms with E-state index in [1.54, 1.807) is 42.7 Å². The van der Waals surface area contributed by atoms with Gasteiger partial charge in [0.25, 0.3) is 0 Å². The third-order valence-corrected chi connectivity index (χ3v) is 9.94. The van der Waals surface area contributed by atoms with E-state index in [-0.39, 0.29) is 0 Å². The summed E-state index contributed by atoms with van der Waals surface area (Å²) in [5.41, 5.74) is 0. The first kappa shape index (κ1) is 27.1. The van der Waals surface area contributed by atoms with Gasteiger partial charge in [-0.1, -0.05) is 0 Å². The van der Waals surface area contributed by atoms with E-state index in [4.69, 9.17) is 26.6 Å². The van der Waals surface area contributed by atoms with Crippen LogP contribution in [0.3, 0.4) is 0 Å². The zero-order valence-electron chi connectivity index (χ0n) is 16.0. The Morgan fingerprint density at radius 1 is 0.500 bits per heavy atom. The molecule has 0 saturated heterocycles. The molecule has 0 aromatic heterocycles. The predicted molar refractivity (Wildman–Crippen MR) is 109 cm³/mol. The van der Waals surface area contributed by atoms with Crippen molar-refractivity contribution in [3.05, 3.63) is 0 Å². The van der Waals surface area contributed by atoms with Crippen molar-refractivity contribution in [1.29, 1.82) is 0 Å². The molecule has 24 heavy (non-hydrogen) atoms. The average Bonchev–Trinajstić information content (AvgIpc) is 2.64. The van der Waals surface area contributed by atoms with Gasteiger partial charge in [-0.15, -0.1) is 0 Å². The Bertz CT molecular complexity index is 227. The summed E-state index contributed by atoms with van der Waals surface area (Å²) in [6, 6.07) is 1.74. The van der Waals surface area contributed by atoms with E-state index in [0.717, 1.165) is 49.3 Å². The number of rotatable bonds is 14. The van der Waals surface area contributed by atoms with E-state index in [1.807, 2.05) is 0 Å². The van der Waals surface area contributed by atoms with Gasteiger partial charge >= 0.3 is 17.6 Å². The Kier molecular flexibility index (Phi) is 19.6. The summed E-state index contributed by atoms with van der Waals surface area (Å²) in [7, 11) is 5.26. The summed E-state index contributed by atoms with van der Waals surface area (Å²) in [6.45, 7) is 0. The fourth-order valence-corrected chi connectivity index (χ4v) is 6.06. The van der Waals surface area contributed by atoms with Crippen LogP contribution in [0.25, 0.3) is 0 Å². The molecular weight excluding hydrogens is 384 g/mol. The molecule has 0 radical (unpaired) electrons. The first-order valence-corrected chi connectivity index (χ1v) is 13.1. The molecule has 0 aliphatic rings. The first-order valence-electron chi connectivity index (χ1n) is 8.01. The molecule has 0 atom stereocenters. The maximum Gasteiger partial charge on any atom is 0.500 e. The lowest BCUT2D eigenvalue weighted by Crippen LogP contribution is -2.42.